The largest absolute Gasteiger partial charge is 0.425 e. The van der Waals surface area contributed by atoms with Gasteiger partial charge in [-0.15, -0.1) is 0 Å². The minimum atomic E-state index is -4.01. The van der Waals surface area contributed by atoms with Gasteiger partial charge in [-0.25, -0.2) is 12.7 Å². The summed E-state index contributed by atoms with van der Waals surface area (Å²) in [7, 11) is -4.01. The van der Waals surface area contributed by atoms with Crippen molar-refractivity contribution in [2.75, 3.05) is 4.31 Å². The standard InChI is InChI=1S/C28H26N2O3S/c1-3-4-5-12-17-26-27(29-28(33-26)23-13-8-6-9-14-23)30(24-15-10-7-11-16-24)34(31,32)25-20-18-22(2)19-21-25/h6-11,13-16,18-21H,3-5H2,1-2H3. The number of anilines is 2. The summed E-state index contributed by atoms with van der Waals surface area (Å²) < 4.78 is 35.1. The molecule has 6 heteroatoms. The maximum absolute atomic E-state index is 13.9. The summed E-state index contributed by atoms with van der Waals surface area (Å²) in [6, 6.07) is 25.0. The molecule has 0 aliphatic carbocycles. The summed E-state index contributed by atoms with van der Waals surface area (Å²) in [5.74, 6) is 6.82. The Morgan fingerprint density at radius 1 is 0.912 bits per heavy atom. The van der Waals surface area contributed by atoms with E-state index in [0.717, 1.165) is 24.0 Å². The molecule has 172 valence electrons. The first-order chi connectivity index (χ1) is 16.5. The molecular formula is C28H26N2O3S. The number of aromatic nitrogens is 1. The second-order valence-corrected chi connectivity index (χ2v) is 9.65. The molecule has 1 heterocycles. The van der Waals surface area contributed by atoms with Crippen molar-refractivity contribution in [2.24, 2.45) is 0 Å². The predicted octanol–water partition coefficient (Wildman–Crippen LogP) is 6.72. The fourth-order valence-corrected chi connectivity index (χ4v) is 4.84. The van der Waals surface area contributed by atoms with Gasteiger partial charge in [0.05, 0.1) is 10.6 Å². The molecule has 0 bridgehead atoms. The van der Waals surface area contributed by atoms with E-state index < -0.39 is 10.0 Å². The molecule has 5 nitrogen and oxygen atoms in total. The Bertz CT molecular complexity index is 1400. The number of benzene rings is 3. The van der Waals surface area contributed by atoms with Gasteiger partial charge in [0, 0.05) is 12.0 Å². The average molecular weight is 471 g/mol. The zero-order chi connectivity index (χ0) is 24.0. The minimum absolute atomic E-state index is 0.148. The van der Waals surface area contributed by atoms with Crippen molar-refractivity contribution in [3.63, 3.8) is 0 Å². The number of unbranched alkanes of at least 4 members (excludes halogenated alkanes) is 2. The Morgan fingerprint density at radius 2 is 1.56 bits per heavy atom. The summed E-state index contributed by atoms with van der Waals surface area (Å²) in [5, 5.41) is 0. The van der Waals surface area contributed by atoms with Crippen LogP contribution in [0.25, 0.3) is 11.5 Å². The predicted molar refractivity (Wildman–Crippen MR) is 135 cm³/mol. The van der Waals surface area contributed by atoms with Crippen molar-refractivity contribution in [3.8, 4) is 23.3 Å². The number of aryl methyl sites for hydroxylation is 1. The van der Waals surface area contributed by atoms with Crippen LogP contribution < -0.4 is 4.31 Å². The summed E-state index contributed by atoms with van der Waals surface area (Å²) in [5.41, 5.74) is 2.17. The van der Waals surface area contributed by atoms with Gasteiger partial charge in [0.2, 0.25) is 17.5 Å². The Kier molecular flexibility index (Phi) is 7.15. The van der Waals surface area contributed by atoms with Crippen molar-refractivity contribution >= 4 is 21.5 Å². The average Bonchev–Trinajstić information content (AvgIpc) is 3.27. The molecule has 1 aromatic heterocycles. The molecule has 0 saturated carbocycles. The third-order valence-electron chi connectivity index (χ3n) is 5.23. The maximum atomic E-state index is 13.9. The van der Waals surface area contributed by atoms with Gasteiger partial charge in [-0.1, -0.05) is 73.4 Å². The van der Waals surface area contributed by atoms with Gasteiger partial charge >= 0.3 is 0 Å². The van der Waals surface area contributed by atoms with Crippen molar-refractivity contribution in [3.05, 3.63) is 96.3 Å². The van der Waals surface area contributed by atoms with E-state index in [1.165, 1.54) is 4.31 Å². The van der Waals surface area contributed by atoms with E-state index in [9.17, 15) is 8.42 Å². The minimum Gasteiger partial charge on any atom is -0.425 e. The maximum Gasteiger partial charge on any atom is 0.270 e. The fourth-order valence-electron chi connectivity index (χ4n) is 3.40. The third-order valence-corrected chi connectivity index (χ3v) is 6.96. The van der Waals surface area contributed by atoms with Crippen LogP contribution in [0.15, 0.2) is 94.2 Å². The Labute approximate surface area is 201 Å². The topological polar surface area (TPSA) is 63.4 Å². The van der Waals surface area contributed by atoms with Crippen LogP contribution in [0.2, 0.25) is 0 Å². The first kappa shape index (κ1) is 23.3. The van der Waals surface area contributed by atoms with Crippen molar-refractivity contribution in [2.45, 2.75) is 38.0 Å². The number of para-hydroxylation sites is 1. The molecule has 0 aliphatic heterocycles. The highest BCUT2D eigenvalue weighted by Crippen LogP contribution is 2.36. The van der Waals surface area contributed by atoms with Crippen molar-refractivity contribution < 1.29 is 12.8 Å². The van der Waals surface area contributed by atoms with Crippen LogP contribution in [0.1, 0.15) is 37.5 Å². The highest BCUT2D eigenvalue weighted by Gasteiger charge is 2.32. The second-order valence-electron chi connectivity index (χ2n) is 7.86. The van der Waals surface area contributed by atoms with E-state index in [0.29, 0.717) is 18.0 Å². The normalized spacial score (nSPS) is 11.0. The lowest BCUT2D eigenvalue weighted by Gasteiger charge is -2.22. The summed E-state index contributed by atoms with van der Waals surface area (Å²) in [4.78, 5) is 4.81. The molecule has 0 N–H and O–H groups in total. The molecule has 34 heavy (non-hydrogen) atoms. The molecule has 0 aliphatic rings. The van der Waals surface area contributed by atoms with E-state index >= 15 is 0 Å². The van der Waals surface area contributed by atoms with Crippen LogP contribution >= 0.6 is 0 Å². The van der Waals surface area contributed by atoms with Crippen LogP contribution in [0.3, 0.4) is 0 Å². The van der Waals surface area contributed by atoms with Gasteiger partial charge in [0.15, 0.2) is 0 Å². The molecule has 4 aromatic rings. The summed E-state index contributed by atoms with van der Waals surface area (Å²) in [6.45, 7) is 4.01. The highest BCUT2D eigenvalue weighted by molar-refractivity contribution is 7.93. The summed E-state index contributed by atoms with van der Waals surface area (Å²) in [6.07, 6.45) is 2.66. The first-order valence-electron chi connectivity index (χ1n) is 11.2. The Morgan fingerprint density at radius 3 is 2.21 bits per heavy atom. The monoisotopic (exact) mass is 470 g/mol. The summed E-state index contributed by atoms with van der Waals surface area (Å²) >= 11 is 0. The highest BCUT2D eigenvalue weighted by atomic mass is 32.2. The number of rotatable bonds is 7. The van der Waals surface area contributed by atoms with E-state index in [2.05, 4.69) is 23.7 Å². The molecule has 0 atom stereocenters. The van der Waals surface area contributed by atoms with E-state index in [1.54, 1.807) is 48.5 Å². The zero-order valence-corrected chi connectivity index (χ0v) is 20.0. The smallest absolute Gasteiger partial charge is 0.270 e. The second kappa shape index (κ2) is 10.4. The molecule has 3 aromatic carbocycles. The van der Waals surface area contributed by atoms with Gasteiger partial charge < -0.3 is 4.42 Å². The Hall–Kier alpha value is -3.82. The SMILES string of the molecule is CCCCC#Cc1oc(-c2ccccc2)nc1N(c1ccccc1)S(=O)(=O)c1ccc(C)cc1. The number of sulfonamides is 1. The Balaban J connectivity index is 1.92. The lowest BCUT2D eigenvalue weighted by molar-refractivity contribution is 0.561. The quantitative estimate of drug-likeness (QED) is 0.222. The van der Waals surface area contributed by atoms with Crippen LogP contribution in [0.4, 0.5) is 11.5 Å². The van der Waals surface area contributed by atoms with Gasteiger partial charge in [0.25, 0.3) is 10.0 Å². The lowest BCUT2D eigenvalue weighted by Crippen LogP contribution is -2.27. The first-order valence-corrected chi connectivity index (χ1v) is 12.7. The zero-order valence-electron chi connectivity index (χ0n) is 19.2. The number of nitrogens with zero attached hydrogens (tertiary/aromatic N) is 2. The number of hydrogen-bond donors (Lipinski definition) is 0. The molecule has 0 fully saturated rings. The molecule has 0 unspecified atom stereocenters. The lowest BCUT2D eigenvalue weighted by atomic mass is 10.2. The van der Waals surface area contributed by atoms with Crippen molar-refractivity contribution in [1.29, 1.82) is 0 Å². The fraction of sp³-hybridized carbons (Fsp3) is 0.179. The van der Waals surface area contributed by atoms with Crippen LogP contribution in [0, 0.1) is 18.8 Å². The van der Waals surface area contributed by atoms with E-state index in [1.807, 2.05) is 43.3 Å². The molecular weight excluding hydrogens is 444 g/mol. The van der Waals surface area contributed by atoms with Gasteiger partial charge in [0.1, 0.15) is 0 Å². The van der Waals surface area contributed by atoms with E-state index in [4.69, 9.17) is 4.42 Å². The van der Waals surface area contributed by atoms with Gasteiger partial charge in [-0.3, -0.25) is 0 Å². The van der Waals surface area contributed by atoms with Crippen LogP contribution in [0.5, 0.6) is 0 Å². The van der Waals surface area contributed by atoms with Crippen LogP contribution in [-0.2, 0) is 10.0 Å². The number of hydrogen-bond acceptors (Lipinski definition) is 4. The molecule has 0 saturated heterocycles. The molecule has 0 radical (unpaired) electrons. The molecule has 4 rings (SSSR count). The molecule has 0 amide bonds. The van der Waals surface area contributed by atoms with Gasteiger partial charge in [-0.05, 0) is 55.7 Å². The third kappa shape index (κ3) is 5.05. The van der Waals surface area contributed by atoms with E-state index in [-0.39, 0.29) is 16.5 Å². The molecule has 0 spiro atoms. The van der Waals surface area contributed by atoms with Crippen LogP contribution in [-0.4, -0.2) is 13.4 Å². The number of oxazole rings is 1. The van der Waals surface area contributed by atoms with Gasteiger partial charge in [-0.2, -0.15) is 4.98 Å². The van der Waals surface area contributed by atoms with Crippen molar-refractivity contribution in [1.82, 2.24) is 4.98 Å².